The molecule has 0 aromatic heterocycles. The van der Waals surface area contributed by atoms with Gasteiger partial charge in [0.1, 0.15) is 0 Å². The molecule has 0 unspecified atom stereocenters. The van der Waals surface area contributed by atoms with Crippen LogP contribution < -0.4 is 5.73 Å². The Labute approximate surface area is 99.2 Å². The lowest BCUT2D eigenvalue weighted by molar-refractivity contribution is -0.146. The minimum atomic E-state index is -4.16. The van der Waals surface area contributed by atoms with E-state index in [0.29, 0.717) is 12.2 Å². The molecule has 1 rings (SSSR count). The van der Waals surface area contributed by atoms with Crippen LogP contribution in [0.1, 0.15) is 18.1 Å². The molecule has 1 aromatic rings. The van der Waals surface area contributed by atoms with Crippen molar-refractivity contribution in [3.8, 4) is 0 Å². The molecule has 0 amide bonds. The molecule has 5 heteroatoms. The van der Waals surface area contributed by atoms with Crippen LogP contribution in [0.2, 0.25) is 0 Å². The van der Waals surface area contributed by atoms with Crippen molar-refractivity contribution in [3.63, 3.8) is 0 Å². The van der Waals surface area contributed by atoms with Gasteiger partial charge < -0.3 is 5.73 Å². The molecule has 0 aliphatic carbocycles. The van der Waals surface area contributed by atoms with E-state index in [2.05, 4.69) is 0 Å². The summed E-state index contributed by atoms with van der Waals surface area (Å²) in [6.07, 6.45) is -4.16. The number of rotatable bonds is 4. The Morgan fingerprint density at radius 3 is 2.47 bits per heavy atom. The Kier molecular flexibility index (Phi) is 4.40. The van der Waals surface area contributed by atoms with E-state index in [1.807, 2.05) is 13.0 Å². The van der Waals surface area contributed by atoms with Crippen molar-refractivity contribution in [2.75, 3.05) is 18.8 Å². The molecule has 2 nitrogen and oxygen atoms in total. The number of nitrogens with zero attached hydrogens (tertiary/aromatic N) is 1. The number of halogens is 3. The van der Waals surface area contributed by atoms with Gasteiger partial charge in [-0.15, -0.1) is 0 Å². The van der Waals surface area contributed by atoms with Crippen LogP contribution in [0.4, 0.5) is 18.9 Å². The van der Waals surface area contributed by atoms with Crippen molar-refractivity contribution < 1.29 is 13.2 Å². The van der Waals surface area contributed by atoms with E-state index in [1.165, 1.54) is 4.90 Å². The Hall–Kier alpha value is -1.23. The quantitative estimate of drug-likeness (QED) is 0.827. The lowest BCUT2D eigenvalue weighted by Crippen LogP contribution is -2.33. The van der Waals surface area contributed by atoms with Gasteiger partial charge in [-0.25, -0.2) is 0 Å². The highest BCUT2D eigenvalue weighted by molar-refractivity contribution is 5.49. The maximum Gasteiger partial charge on any atom is 0.401 e. The van der Waals surface area contributed by atoms with Gasteiger partial charge in [-0.3, -0.25) is 4.90 Å². The lowest BCUT2D eigenvalue weighted by atomic mass is 10.1. The Bertz CT molecular complexity index is 375. The first-order chi connectivity index (χ1) is 7.83. The van der Waals surface area contributed by atoms with Gasteiger partial charge >= 0.3 is 6.18 Å². The molecule has 17 heavy (non-hydrogen) atoms. The van der Waals surface area contributed by atoms with Gasteiger partial charge in [0.25, 0.3) is 0 Å². The summed E-state index contributed by atoms with van der Waals surface area (Å²) in [7, 11) is 0. The minimum Gasteiger partial charge on any atom is -0.399 e. The second-order valence-corrected chi connectivity index (χ2v) is 4.05. The number of alkyl halides is 3. The van der Waals surface area contributed by atoms with E-state index in [4.69, 9.17) is 5.73 Å². The predicted molar refractivity (Wildman–Crippen MR) is 62.6 cm³/mol. The molecule has 0 atom stereocenters. The van der Waals surface area contributed by atoms with Crippen LogP contribution in [0, 0.1) is 6.92 Å². The Morgan fingerprint density at radius 2 is 1.94 bits per heavy atom. The molecule has 0 aliphatic heterocycles. The highest BCUT2D eigenvalue weighted by Crippen LogP contribution is 2.21. The third-order valence-corrected chi connectivity index (χ3v) is 2.73. The van der Waals surface area contributed by atoms with Gasteiger partial charge in [-0.05, 0) is 30.7 Å². The normalized spacial score (nSPS) is 12.1. The van der Waals surface area contributed by atoms with Crippen molar-refractivity contribution in [2.45, 2.75) is 26.6 Å². The average molecular weight is 246 g/mol. The third-order valence-electron chi connectivity index (χ3n) is 2.73. The first-order valence-corrected chi connectivity index (χ1v) is 5.46. The molecule has 0 spiro atoms. The van der Waals surface area contributed by atoms with Crippen molar-refractivity contribution in [1.82, 2.24) is 4.90 Å². The first kappa shape index (κ1) is 13.8. The maximum atomic E-state index is 12.3. The highest BCUT2D eigenvalue weighted by atomic mass is 19.4. The number of hydrogen-bond acceptors (Lipinski definition) is 2. The molecular formula is C12H17F3N2. The standard InChI is InChI=1S/C12H17F3N2/c1-3-17(8-12(13,14)15)7-10-5-4-6-11(16)9(10)2/h4-6H,3,7-8,16H2,1-2H3. The molecule has 0 bridgehead atoms. The van der Waals surface area contributed by atoms with Crippen LogP contribution in [-0.2, 0) is 6.54 Å². The minimum absolute atomic E-state index is 0.271. The second kappa shape index (κ2) is 5.40. The molecular weight excluding hydrogens is 229 g/mol. The summed E-state index contributed by atoms with van der Waals surface area (Å²) in [6.45, 7) is 3.28. The van der Waals surface area contributed by atoms with Crippen LogP contribution in [0.25, 0.3) is 0 Å². The molecule has 1 aromatic carbocycles. The van der Waals surface area contributed by atoms with Crippen LogP contribution >= 0.6 is 0 Å². The van der Waals surface area contributed by atoms with E-state index in [0.717, 1.165) is 11.1 Å². The molecule has 0 aliphatic rings. The maximum absolute atomic E-state index is 12.3. The van der Waals surface area contributed by atoms with Gasteiger partial charge in [-0.1, -0.05) is 19.1 Å². The number of benzene rings is 1. The van der Waals surface area contributed by atoms with Crippen molar-refractivity contribution >= 4 is 5.69 Å². The number of anilines is 1. The first-order valence-electron chi connectivity index (χ1n) is 5.46. The van der Waals surface area contributed by atoms with Crippen molar-refractivity contribution in [1.29, 1.82) is 0 Å². The van der Waals surface area contributed by atoms with Crippen LogP contribution in [0.5, 0.6) is 0 Å². The molecule has 2 N–H and O–H groups in total. The van der Waals surface area contributed by atoms with Crippen molar-refractivity contribution in [2.24, 2.45) is 0 Å². The predicted octanol–water partition coefficient (Wildman–Crippen LogP) is 2.96. The van der Waals surface area contributed by atoms with E-state index < -0.39 is 12.7 Å². The summed E-state index contributed by atoms with van der Waals surface area (Å²) in [4.78, 5) is 1.35. The van der Waals surface area contributed by atoms with Crippen molar-refractivity contribution in [3.05, 3.63) is 29.3 Å². The summed E-state index contributed by atoms with van der Waals surface area (Å²) in [5, 5.41) is 0. The van der Waals surface area contributed by atoms with Gasteiger partial charge in [0.15, 0.2) is 0 Å². The summed E-state index contributed by atoms with van der Waals surface area (Å²) in [5.74, 6) is 0. The summed E-state index contributed by atoms with van der Waals surface area (Å²) >= 11 is 0. The molecule has 96 valence electrons. The van der Waals surface area contributed by atoms with E-state index in [-0.39, 0.29) is 6.54 Å². The van der Waals surface area contributed by atoms with Gasteiger partial charge in [0.2, 0.25) is 0 Å². The zero-order valence-electron chi connectivity index (χ0n) is 10.0. The average Bonchev–Trinajstić information content (AvgIpc) is 2.21. The largest absolute Gasteiger partial charge is 0.401 e. The zero-order valence-corrected chi connectivity index (χ0v) is 10.0. The second-order valence-electron chi connectivity index (χ2n) is 4.05. The molecule has 0 saturated heterocycles. The van der Waals surface area contributed by atoms with E-state index >= 15 is 0 Å². The molecule has 0 fully saturated rings. The van der Waals surface area contributed by atoms with E-state index in [9.17, 15) is 13.2 Å². The summed E-state index contributed by atoms with van der Waals surface area (Å²) < 4.78 is 36.9. The summed E-state index contributed by atoms with van der Waals surface area (Å²) in [6, 6.07) is 5.32. The third kappa shape index (κ3) is 4.26. The van der Waals surface area contributed by atoms with Gasteiger partial charge in [0.05, 0.1) is 6.54 Å². The summed E-state index contributed by atoms with van der Waals surface area (Å²) in [5.41, 5.74) is 8.04. The smallest absolute Gasteiger partial charge is 0.399 e. The molecule has 0 saturated carbocycles. The SMILES string of the molecule is CCN(Cc1cccc(N)c1C)CC(F)(F)F. The fraction of sp³-hybridized carbons (Fsp3) is 0.500. The zero-order chi connectivity index (χ0) is 13.1. The highest BCUT2D eigenvalue weighted by Gasteiger charge is 2.30. The number of hydrogen-bond donors (Lipinski definition) is 1. The van der Waals surface area contributed by atoms with Gasteiger partial charge in [-0.2, -0.15) is 13.2 Å². The fourth-order valence-corrected chi connectivity index (χ4v) is 1.65. The van der Waals surface area contributed by atoms with Gasteiger partial charge in [0, 0.05) is 12.2 Å². The lowest BCUT2D eigenvalue weighted by Gasteiger charge is -2.23. The topological polar surface area (TPSA) is 29.3 Å². The Morgan fingerprint density at radius 1 is 1.29 bits per heavy atom. The monoisotopic (exact) mass is 246 g/mol. The fourth-order valence-electron chi connectivity index (χ4n) is 1.65. The molecule has 0 heterocycles. The van der Waals surface area contributed by atoms with Crippen LogP contribution in [-0.4, -0.2) is 24.2 Å². The number of nitrogen functional groups attached to an aromatic ring is 1. The van der Waals surface area contributed by atoms with Crippen LogP contribution in [0.15, 0.2) is 18.2 Å². The Balaban J connectivity index is 2.77. The number of nitrogens with two attached hydrogens (primary N) is 1. The van der Waals surface area contributed by atoms with Crippen LogP contribution in [0.3, 0.4) is 0 Å². The van der Waals surface area contributed by atoms with E-state index in [1.54, 1.807) is 19.1 Å². The molecule has 0 radical (unpaired) electrons.